The van der Waals surface area contributed by atoms with Crippen LogP contribution in [0.2, 0.25) is 0 Å². The Hall–Kier alpha value is -2.48. The van der Waals surface area contributed by atoms with Gasteiger partial charge in [-0.3, -0.25) is 25.2 Å². The zero-order valence-corrected chi connectivity index (χ0v) is 14.3. The van der Waals surface area contributed by atoms with Crippen LogP contribution in [0.5, 0.6) is 0 Å². The van der Waals surface area contributed by atoms with Gasteiger partial charge in [-0.15, -0.1) is 0 Å². The van der Waals surface area contributed by atoms with E-state index < -0.39 is 5.91 Å². The predicted octanol–water partition coefficient (Wildman–Crippen LogP) is 1.33. The molecule has 8 heteroatoms. The van der Waals surface area contributed by atoms with Gasteiger partial charge in [0.2, 0.25) is 11.8 Å². The third-order valence-electron chi connectivity index (χ3n) is 3.41. The van der Waals surface area contributed by atoms with Crippen LogP contribution in [0.3, 0.4) is 0 Å². The molecule has 1 aromatic rings. The molecule has 0 saturated heterocycles. The number of thiocarbonyl (C=S) groups is 1. The molecular formula is C16H20N4O3S. The minimum Gasteiger partial charge on any atom is -0.326 e. The molecule has 1 aromatic carbocycles. The second-order valence-electron chi connectivity index (χ2n) is 5.89. The number of hydrogen-bond donors (Lipinski definition) is 4. The summed E-state index contributed by atoms with van der Waals surface area (Å²) in [4.78, 5) is 35.1. The highest BCUT2D eigenvalue weighted by Gasteiger charge is 2.29. The fraction of sp³-hybridized carbons (Fsp3) is 0.375. The maximum atomic E-state index is 12.0. The molecule has 3 amide bonds. The van der Waals surface area contributed by atoms with Crippen LogP contribution in [0.25, 0.3) is 0 Å². The number of carbonyl (C=O) groups excluding carboxylic acids is 3. The fourth-order valence-corrected chi connectivity index (χ4v) is 1.92. The number of hydrazine groups is 1. The lowest BCUT2D eigenvalue weighted by molar-refractivity contribution is -0.122. The topological polar surface area (TPSA) is 99.3 Å². The Morgan fingerprint density at radius 3 is 2.25 bits per heavy atom. The molecule has 128 valence electrons. The van der Waals surface area contributed by atoms with Crippen molar-refractivity contribution in [3.63, 3.8) is 0 Å². The van der Waals surface area contributed by atoms with Crippen molar-refractivity contribution in [2.24, 2.45) is 11.8 Å². The van der Waals surface area contributed by atoms with Crippen molar-refractivity contribution in [1.82, 2.24) is 16.2 Å². The SMILES string of the molecule is CC(C)C(=O)NC(=S)NNC(=O)c1ccc(NC(=O)C2CC2)cc1. The number of amides is 3. The van der Waals surface area contributed by atoms with Gasteiger partial charge in [-0.25, -0.2) is 0 Å². The van der Waals surface area contributed by atoms with Gasteiger partial charge >= 0.3 is 0 Å². The monoisotopic (exact) mass is 348 g/mol. The fourth-order valence-electron chi connectivity index (χ4n) is 1.77. The lowest BCUT2D eigenvalue weighted by atomic mass is 10.2. The first-order valence-electron chi connectivity index (χ1n) is 7.69. The highest BCUT2D eigenvalue weighted by atomic mass is 32.1. The Kier molecular flexibility index (Phi) is 5.86. The Bertz CT molecular complexity index is 654. The average Bonchev–Trinajstić information content (AvgIpc) is 3.38. The van der Waals surface area contributed by atoms with Crippen molar-refractivity contribution in [3.8, 4) is 0 Å². The van der Waals surface area contributed by atoms with E-state index in [-0.39, 0.29) is 28.8 Å². The van der Waals surface area contributed by atoms with E-state index in [0.717, 1.165) is 12.8 Å². The molecule has 1 saturated carbocycles. The molecule has 1 aliphatic rings. The first-order chi connectivity index (χ1) is 11.4. The van der Waals surface area contributed by atoms with Crippen LogP contribution in [0.1, 0.15) is 37.0 Å². The Morgan fingerprint density at radius 1 is 1.08 bits per heavy atom. The Balaban J connectivity index is 1.80. The van der Waals surface area contributed by atoms with E-state index in [1.807, 2.05) is 0 Å². The van der Waals surface area contributed by atoms with Gasteiger partial charge in [-0.05, 0) is 49.3 Å². The number of hydrogen-bond acceptors (Lipinski definition) is 4. The van der Waals surface area contributed by atoms with Crippen LogP contribution in [-0.2, 0) is 9.59 Å². The summed E-state index contributed by atoms with van der Waals surface area (Å²) in [5.41, 5.74) is 5.91. The van der Waals surface area contributed by atoms with Gasteiger partial charge in [0.05, 0.1) is 0 Å². The van der Waals surface area contributed by atoms with E-state index in [0.29, 0.717) is 11.3 Å². The standard InChI is InChI=1S/C16H20N4O3S/c1-9(2)13(21)18-16(24)20-19-15(23)11-5-7-12(8-6-11)17-14(22)10-3-4-10/h5-10H,3-4H2,1-2H3,(H,17,22)(H,19,23)(H2,18,20,21,24). The molecule has 24 heavy (non-hydrogen) atoms. The lowest BCUT2D eigenvalue weighted by Gasteiger charge is -2.12. The number of benzene rings is 1. The summed E-state index contributed by atoms with van der Waals surface area (Å²) in [6, 6.07) is 6.51. The van der Waals surface area contributed by atoms with E-state index in [2.05, 4.69) is 21.5 Å². The summed E-state index contributed by atoms with van der Waals surface area (Å²) < 4.78 is 0. The molecule has 4 N–H and O–H groups in total. The van der Waals surface area contributed by atoms with E-state index in [4.69, 9.17) is 12.2 Å². The van der Waals surface area contributed by atoms with Gasteiger partial charge in [0.15, 0.2) is 5.11 Å². The first-order valence-corrected chi connectivity index (χ1v) is 8.09. The molecule has 1 fully saturated rings. The zero-order chi connectivity index (χ0) is 17.7. The molecule has 0 bridgehead atoms. The molecular weight excluding hydrogens is 328 g/mol. The first kappa shape index (κ1) is 17.9. The third kappa shape index (κ3) is 5.31. The highest BCUT2D eigenvalue weighted by Crippen LogP contribution is 2.30. The predicted molar refractivity (Wildman–Crippen MR) is 94.0 cm³/mol. The molecule has 0 atom stereocenters. The number of anilines is 1. The van der Waals surface area contributed by atoms with E-state index in [9.17, 15) is 14.4 Å². The minimum absolute atomic E-state index is 0.0140. The van der Waals surface area contributed by atoms with Crippen LogP contribution < -0.4 is 21.5 Å². The quantitative estimate of drug-likeness (QED) is 0.486. The second-order valence-corrected chi connectivity index (χ2v) is 6.30. The van der Waals surface area contributed by atoms with E-state index >= 15 is 0 Å². The molecule has 0 radical (unpaired) electrons. The summed E-state index contributed by atoms with van der Waals surface area (Å²) in [6.45, 7) is 3.47. The largest absolute Gasteiger partial charge is 0.326 e. The molecule has 0 aliphatic heterocycles. The normalized spacial score (nSPS) is 13.1. The maximum absolute atomic E-state index is 12.0. The number of carbonyl (C=O) groups is 3. The van der Waals surface area contributed by atoms with Crippen LogP contribution in [-0.4, -0.2) is 22.8 Å². The van der Waals surface area contributed by atoms with Gasteiger partial charge in [-0.2, -0.15) is 0 Å². The van der Waals surface area contributed by atoms with Crippen molar-refractivity contribution >= 4 is 40.7 Å². The summed E-state index contributed by atoms with van der Waals surface area (Å²) in [5.74, 6) is -0.716. The second kappa shape index (κ2) is 7.87. The van der Waals surface area contributed by atoms with Gasteiger partial charge in [0.25, 0.3) is 5.91 Å². The van der Waals surface area contributed by atoms with Crippen molar-refractivity contribution in [3.05, 3.63) is 29.8 Å². The third-order valence-corrected chi connectivity index (χ3v) is 3.62. The molecule has 0 aromatic heterocycles. The summed E-state index contributed by atoms with van der Waals surface area (Å²) >= 11 is 4.91. The maximum Gasteiger partial charge on any atom is 0.269 e. The van der Waals surface area contributed by atoms with Crippen molar-refractivity contribution in [2.75, 3.05) is 5.32 Å². The lowest BCUT2D eigenvalue weighted by Crippen LogP contribution is -2.49. The molecule has 7 nitrogen and oxygen atoms in total. The van der Waals surface area contributed by atoms with Gasteiger partial charge in [-0.1, -0.05) is 13.8 Å². The van der Waals surface area contributed by atoms with Crippen LogP contribution >= 0.6 is 12.2 Å². The number of rotatable bonds is 4. The average molecular weight is 348 g/mol. The van der Waals surface area contributed by atoms with Crippen LogP contribution in [0.4, 0.5) is 5.69 Å². The summed E-state index contributed by atoms with van der Waals surface area (Å²) in [6.07, 6.45) is 1.87. The summed E-state index contributed by atoms with van der Waals surface area (Å²) in [7, 11) is 0. The number of nitrogens with one attached hydrogen (secondary N) is 4. The minimum atomic E-state index is -0.406. The molecule has 0 unspecified atom stereocenters. The Labute approximate surface area is 145 Å². The zero-order valence-electron chi connectivity index (χ0n) is 13.5. The molecule has 1 aliphatic carbocycles. The summed E-state index contributed by atoms with van der Waals surface area (Å²) in [5, 5.41) is 5.27. The van der Waals surface area contributed by atoms with Crippen LogP contribution in [0.15, 0.2) is 24.3 Å². The molecule has 0 spiro atoms. The highest BCUT2D eigenvalue weighted by molar-refractivity contribution is 7.80. The van der Waals surface area contributed by atoms with Gasteiger partial charge in [0, 0.05) is 23.1 Å². The Morgan fingerprint density at radius 2 is 1.71 bits per heavy atom. The molecule has 0 heterocycles. The van der Waals surface area contributed by atoms with Gasteiger partial charge < -0.3 is 10.6 Å². The van der Waals surface area contributed by atoms with Crippen molar-refractivity contribution in [1.29, 1.82) is 0 Å². The van der Waals surface area contributed by atoms with Gasteiger partial charge in [0.1, 0.15) is 0 Å². The van der Waals surface area contributed by atoms with Crippen LogP contribution in [0, 0.1) is 11.8 Å². The van der Waals surface area contributed by atoms with E-state index in [1.165, 1.54) is 0 Å². The van der Waals surface area contributed by atoms with E-state index in [1.54, 1.807) is 38.1 Å². The van der Waals surface area contributed by atoms with Crippen molar-refractivity contribution < 1.29 is 14.4 Å². The van der Waals surface area contributed by atoms with Crippen molar-refractivity contribution in [2.45, 2.75) is 26.7 Å². The smallest absolute Gasteiger partial charge is 0.269 e. The molecule has 2 rings (SSSR count).